The Hall–Kier alpha value is -0.920. The summed E-state index contributed by atoms with van der Waals surface area (Å²) in [7, 11) is -3.52. The minimum Gasteiger partial charge on any atom is -0.477 e. The topological polar surface area (TPSA) is 74.7 Å². The molecule has 1 N–H and O–H groups in total. The second kappa shape index (κ2) is 4.99. The Morgan fingerprint density at radius 2 is 2.28 bits per heavy atom. The monoisotopic (exact) mass is 289 g/mol. The minimum absolute atomic E-state index is 0.0466. The van der Waals surface area contributed by atoms with Gasteiger partial charge in [0.15, 0.2) is 0 Å². The Labute approximate surface area is 110 Å². The van der Waals surface area contributed by atoms with Crippen molar-refractivity contribution in [3.8, 4) is 0 Å². The van der Waals surface area contributed by atoms with Crippen molar-refractivity contribution in [2.75, 3.05) is 6.54 Å². The first-order valence-electron chi connectivity index (χ1n) is 5.81. The third kappa shape index (κ3) is 2.30. The normalized spacial score (nSPS) is 21.3. The van der Waals surface area contributed by atoms with Gasteiger partial charge in [0.05, 0.1) is 0 Å². The molecule has 0 radical (unpaired) electrons. The van der Waals surface area contributed by atoms with Crippen molar-refractivity contribution in [1.82, 2.24) is 4.31 Å². The van der Waals surface area contributed by atoms with Gasteiger partial charge in [0.25, 0.3) is 10.0 Å². The smallest absolute Gasteiger partial charge is 0.345 e. The van der Waals surface area contributed by atoms with E-state index >= 15 is 0 Å². The quantitative estimate of drug-likeness (QED) is 0.920. The molecule has 1 saturated heterocycles. The molecule has 5 nitrogen and oxygen atoms in total. The number of hydrogen-bond donors (Lipinski definition) is 1. The van der Waals surface area contributed by atoms with Crippen LogP contribution in [-0.2, 0) is 10.0 Å². The maximum Gasteiger partial charge on any atom is 0.345 e. The van der Waals surface area contributed by atoms with Crippen molar-refractivity contribution in [3.05, 3.63) is 17.0 Å². The first kappa shape index (κ1) is 13.5. The number of carboxylic acids is 1. The number of aromatic carboxylic acids is 1. The van der Waals surface area contributed by atoms with Crippen LogP contribution in [-0.4, -0.2) is 36.4 Å². The van der Waals surface area contributed by atoms with Gasteiger partial charge in [-0.3, -0.25) is 0 Å². The van der Waals surface area contributed by atoms with E-state index in [-0.39, 0.29) is 15.1 Å². The molecule has 0 aromatic carbocycles. The van der Waals surface area contributed by atoms with Crippen LogP contribution in [0.5, 0.6) is 0 Å². The fraction of sp³-hybridized carbons (Fsp3) is 0.545. The second-order valence-electron chi connectivity index (χ2n) is 4.24. The summed E-state index contributed by atoms with van der Waals surface area (Å²) in [5.41, 5.74) is 0. The van der Waals surface area contributed by atoms with Crippen LogP contribution in [0.1, 0.15) is 35.9 Å². The predicted molar refractivity (Wildman–Crippen MR) is 68.5 cm³/mol. The van der Waals surface area contributed by atoms with Crippen LogP contribution in [0.4, 0.5) is 0 Å². The highest BCUT2D eigenvalue weighted by atomic mass is 32.2. The molecule has 2 heterocycles. The average molecular weight is 289 g/mol. The summed E-state index contributed by atoms with van der Waals surface area (Å²) in [5.74, 6) is -1.09. The maximum atomic E-state index is 12.4. The number of nitrogens with zero attached hydrogens (tertiary/aromatic N) is 1. The number of carbonyl (C=O) groups is 1. The molecule has 100 valence electrons. The van der Waals surface area contributed by atoms with Crippen LogP contribution in [0.15, 0.2) is 16.3 Å². The number of rotatable bonds is 4. The van der Waals surface area contributed by atoms with Gasteiger partial charge in [0.1, 0.15) is 9.09 Å². The molecule has 1 atom stereocenters. The van der Waals surface area contributed by atoms with Crippen LogP contribution < -0.4 is 0 Å². The molecule has 1 aromatic rings. The Balaban J connectivity index is 2.32. The number of hydrogen-bond acceptors (Lipinski definition) is 4. The Morgan fingerprint density at radius 1 is 1.56 bits per heavy atom. The van der Waals surface area contributed by atoms with E-state index in [1.165, 1.54) is 16.4 Å². The van der Waals surface area contributed by atoms with Crippen molar-refractivity contribution < 1.29 is 18.3 Å². The first-order valence-corrected chi connectivity index (χ1v) is 8.07. The van der Waals surface area contributed by atoms with Gasteiger partial charge in [-0.15, -0.1) is 11.3 Å². The van der Waals surface area contributed by atoms with Gasteiger partial charge in [-0.1, -0.05) is 6.92 Å². The molecular formula is C11H15NO4S2. The third-order valence-corrected chi connectivity index (χ3v) is 6.64. The van der Waals surface area contributed by atoms with Crippen molar-refractivity contribution >= 4 is 27.3 Å². The van der Waals surface area contributed by atoms with Crippen LogP contribution in [0.3, 0.4) is 0 Å². The number of sulfonamides is 1. The summed E-state index contributed by atoms with van der Waals surface area (Å²) in [4.78, 5) is 10.8. The maximum absolute atomic E-state index is 12.4. The van der Waals surface area contributed by atoms with E-state index in [2.05, 4.69) is 0 Å². The minimum atomic E-state index is -3.52. The van der Waals surface area contributed by atoms with Gasteiger partial charge in [0, 0.05) is 12.6 Å². The molecular weight excluding hydrogens is 274 g/mol. The lowest BCUT2D eigenvalue weighted by Crippen LogP contribution is -2.34. The molecule has 1 fully saturated rings. The van der Waals surface area contributed by atoms with E-state index in [1.807, 2.05) is 6.92 Å². The van der Waals surface area contributed by atoms with Gasteiger partial charge in [-0.2, -0.15) is 4.31 Å². The molecule has 0 bridgehead atoms. The lowest BCUT2D eigenvalue weighted by atomic mass is 10.2. The zero-order valence-corrected chi connectivity index (χ0v) is 11.6. The first-order chi connectivity index (χ1) is 8.46. The standard InChI is InChI=1S/C11H15NO4S2/c1-2-8-4-3-7-12(8)18(15,16)10-6-5-9(17-10)11(13)14/h5-6,8H,2-4,7H2,1H3,(H,13,14). The van der Waals surface area contributed by atoms with E-state index in [9.17, 15) is 13.2 Å². The molecule has 0 spiro atoms. The largest absolute Gasteiger partial charge is 0.477 e. The van der Waals surface area contributed by atoms with Gasteiger partial charge in [0.2, 0.25) is 0 Å². The van der Waals surface area contributed by atoms with Crippen LogP contribution in [0.25, 0.3) is 0 Å². The highest BCUT2D eigenvalue weighted by Crippen LogP contribution is 2.31. The molecule has 0 amide bonds. The Kier molecular flexibility index (Phi) is 3.74. The molecule has 0 saturated carbocycles. The molecule has 2 rings (SSSR count). The molecule has 1 aromatic heterocycles. The summed E-state index contributed by atoms with van der Waals surface area (Å²) in [6.07, 6.45) is 2.54. The molecule has 1 unspecified atom stereocenters. The Morgan fingerprint density at radius 3 is 2.83 bits per heavy atom. The Bertz CT molecular complexity index is 549. The second-order valence-corrected chi connectivity index (χ2v) is 7.45. The van der Waals surface area contributed by atoms with E-state index < -0.39 is 16.0 Å². The van der Waals surface area contributed by atoms with Crippen LogP contribution in [0.2, 0.25) is 0 Å². The fourth-order valence-electron chi connectivity index (χ4n) is 2.22. The summed E-state index contributed by atoms with van der Waals surface area (Å²) in [6, 6.07) is 2.77. The van der Waals surface area contributed by atoms with E-state index in [1.54, 1.807) is 0 Å². The highest BCUT2D eigenvalue weighted by molar-refractivity contribution is 7.91. The van der Waals surface area contributed by atoms with Crippen molar-refractivity contribution in [3.63, 3.8) is 0 Å². The van der Waals surface area contributed by atoms with E-state index in [0.29, 0.717) is 6.54 Å². The predicted octanol–water partition coefficient (Wildman–Crippen LogP) is 2.01. The zero-order chi connectivity index (χ0) is 13.3. The van der Waals surface area contributed by atoms with Crippen LogP contribution >= 0.6 is 11.3 Å². The SMILES string of the molecule is CCC1CCCN1S(=O)(=O)c1ccc(C(=O)O)s1. The number of thiophene rings is 1. The lowest BCUT2D eigenvalue weighted by molar-refractivity contribution is 0.0702. The fourth-order valence-corrected chi connectivity index (χ4v) is 5.26. The molecule has 1 aliphatic heterocycles. The van der Waals surface area contributed by atoms with Crippen molar-refractivity contribution in [1.29, 1.82) is 0 Å². The molecule has 0 aliphatic carbocycles. The summed E-state index contributed by atoms with van der Waals surface area (Å²) in [5, 5.41) is 8.83. The summed E-state index contributed by atoms with van der Waals surface area (Å²) in [6.45, 7) is 2.50. The molecule has 7 heteroatoms. The summed E-state index contributed by atoms with van der Waals surface area (Å²) < 4.78 is 26.4. The number of carboxylic acid groups (broad SMARTS) is 1. The van der Waals surface area contributed by atoms with Crippen molar-refractivity contribution in [2.45, 2.75) is 36.4 Å². The van der Waals surface area contributed by atoms with Crippen molar-refractivity contribution in [2.24, 2.45) is 0 Å². The van der Waals surface area contributed by atoms with Gasteiger partial charge >= 0.3 is 5.97 Å². The summed E-state index contributed by atoms with van der Waals surface area (Å²) >= 11 is 0.818. The zero-order valence-electron chi connectivity index (χ0n) is 10.00. The highest BCUT2D eigenvalue weighted by Gasteiger charge is 2.35. The lowest BCUT2D eigenvalue weighted by Gasteiger charge is -2.21. The van der Waals surface area contributed by atoms with E-state index in [4.69, 9.17) is 5.11 Å². The van der Waals surface area contributed by atoms with Gasteiger partial charge < -0.3 is 5.11 Å². The third-order valence-electron chi connectivity index (χ3n) is 3.15. The van der Waals surface area contributed by atoms with Crippen LogP contribution in [0, 0.1) is 0 Å². The average Bonchev–Trinajstić information content (AvgIpc) is 2.98. The van der Waals surface area contributed by atoms with E-state index in [0.717, 1.165) is 30.6 Å². The molecule has 18 heavy (non-hydrogen) atoms. The van der Waals surface area contributed by atoms with Gasteiger partial charge in [-0.05, 0) is 31.4 Å². The molecule has 1 aliphatic rings. The van der Waals surface area contributed by atoms with Gasteiger partial charge in [-0.25, -0.2) is 13.2 Å².